The molecule has 2 aromatic rings. The van der Waals surface area contributed by atoms with Crippen LogP contribution in [0.3, 0.4) is 0 Å². The number of methoxy groups -OCH3 is 3. The maximum atomic E-state index is 5.34. The Morgan fingerprint density at radius 3 is 2.13 bits per heavy atom. The smallest absolute Gasteiger partial charge is 0.109 e. The van der Waals surface area contributed by atoms with Crippen molar-refractivity contribution in [2.24, 2.45) is 0 Å². The van der Waals surface area contributed by atoms with Crippen LogP contribution in [0.1, 0.15) is 31.4 Å². The third kappa shape index (κ3) is 8.06. The molecule has 3 nitrogen and oxygen atoms in total. The minimum absolute atomic E-state index is 0. The Labute approximate surface area is 207 Å². The summed E-state index contributed by atoms with van der Waals surface area (Å²) in [5.74, 6) is 2.25. The van der Waals surface area contributed by atoms with Gasteiger partial charge >= 0.3 is 41.3 Å². The number of fused-ring (bicyclic) bond motifs is 3. The summed E-state index contributed by atoms with van der Waals surface area (Å²) in [6, 6.07) is 11.4. The first kappa shape index (κ1) is 28.7. The van der Waals surface area contributed by atoms with Crippen LogP contribution in [-0.4, -0.2) is 24.5 Å². The van der Waals surface area contributed by atoms with Crippen LogP contribution in [0.25, 0.3) is 11.1 Å². The number of allylic oxidation sites excluding steroid dienone is 4. The molecule has 2 aliphatic carbocycles. The zero-order valence-electron chi connectivity index (χ0n) is 17.9. The van der Waals surface area contributed by atoms with Crippen molar-refractivity contribution < 1.29 is 63.3 Å². The molecule has 0 atom stereocenters. The van der Waals surface area contributed by atoms with Gasteiger partial charge in [-0.3, -0.25) is 6.08 Å². The summed E-state index contributed by atoms with van der Waals surface area (Å²) in [4.78, 5) is 0. The number of halogens is 2. The van der Waals surface area contributed by atoms with Crippen LogP contribution in [0.15, 0.2) is 42.5 Å². The zero-order chi connectivity index (χ0) is 20.5. The maximum absolute atomic E-state index is 5.34. The molecule has 4 rings (SSSR count). The number of rotatable bonds is 3. The minimum Gasteiger partial charge on any atom is -1.00 e. The van der Waals surface area contributed by atoms with E-state index in [1.54, 1.807) is 45.6 Å². The molecule has 0 spiro atoms. The second-order valence-electron chi connectivity index (χ2n) is 6.47. The monoisotopic (exact) mass is 522 g/mol. The first-order valence-corrected chi connectivity index (χ1v) is 10.3. The van der Waals surface area contributed by atoms with Crippen LogP contribution in [0.2, 0.25) is 0 Å². The van der Waals surface area contributed by atoms with Crippen LogP contribution in [0.4, 0.5) is 0 Å². The van der Waals surface area contributed by atoms with Gasteiger partial charge in [0.1, 0.15) is 5.75 Å². The number of hydrogen-bond acceptors (Lipinski definition) is 3. The Balaban J connectivity index is 0.000000645. The second-order valence-corrected chi connectivity index (χ2v) is 8.92. The summed E-state index contributed by atoms with van der Waals surface area (Å²) in [6.45, 7) is 4.25. The molecule has 2 aromatic carbocycles. The van der Waals surface area contributed by atoms with Gasteiger partial charge in [0.05, 0.1) is 21.3 Å². The van der Waals surface area contributed by atoms with Gasteiger partial charge in [-0.05, 0) is 24.1 Å². The zero-order valence-corrected chi connectivity index (χ0v) is 21.9. The quantitative estimate of drug-likeness (QED) is 0.418. The number of ether oxygens (including phenoxy) is 3. The standard InChI is InChI=1S/C16H15O3.C5H5.C3H6.2ClH.Zr/c1-17-12-4-5-13-10(7-12)6-11-8-15(18-2)16(19-3)9-14(11)13;1-2-4-5-3-1;1-3-2;;;/h4-5,7,9H,6H2,1-3H3;1-3H,4H2;1-2H3;2*1H;/q2*-1;;;;+2/p-2. The molecule has 30 heavy (non-hydrogen) atoms. The van der Waals surface area contributed by atoms with E-state index in [1.807, 2.05) is 24.3 Å². The van der Waals surface area contributed by atoms with Gasteiger partial charge in [0.15, 0.2) is 0 Å². The average Bonchev–Trinajstić information content (AvgIpc) is 3.36. The fourth-order valence-electron chi connectivity index (χ4n) is 2.87. The van der Waals surface area contributed by atoms with Gasteiger partial charge in [-0.15, -0.1) is 29.7 Å². The molecule has 0 saturated carbocycles. The van der Waals surface area contributed by atoms with Gasteiger partial charge in [-0.1, -0.05) is 11.6 Å². The normalized spacial score (nSPS) is 11.3. The van der Waals surface area contributed by atoms with Crippen molar-refractivity contribution in [2.45, 2.75) is 26.7 Å². The van der Waals surface area contributed by atoms with Gasteiger partial charge in [-0.2, -0.15) is 6.08 Å². The Bertz CT molecular complexity index is 878. The summed E-state index contributed by atoms with van der Waals surface area (Å²) < 4.78 is 17.4. The third-order valence-corrected chi connectivity index (χ3v) is 4.07. The van der Waals surface area contributed by atoms with E-state index < -0.39 is 0 Å². The Morgan fingerprint density at radius 2 is 1.67 bits per heavy atom. The van der Waals surface area contributed by atoms with Crippen LogP contribution in [-0.2, 0) is 30.7 Å². The van der Waals surface area contributed by atoms with E-state index in [0.717, 1.165) is 29.7 Å². The molecule has 0 N–H and O–H groups in total. The van der Waals surface area contributed by atoms with Crippen molar-refractivity contribution in [3.05, 3.63) is 65.8 Å². The van der Waals surface area contributed by atoms with E-state index in [4.69, 9.17) is 14.2 Å². The Hall–Kier alpha value is -1.35. The molecule has 0 unspecified atom stereocenters. The van der Waals surface area contributed by atoms with E-state index in [9.17, 15) is 0 Å². The molecule has 0 aromatic heterocycles. The maximum Gasteiger partial charge on any atom is -0.109 e. The molecule has 6 heteroatoms. The molecule has 0 heterocycles. The molecule has 0 aliphatic heterocycles. The minimum atomic E-state index is 0. The van der Waals surface area contributed by atoms with E-state index in [1.165, 1.54) is 14.3 Å². The van der Waals surface area contributed by atoms with E-state index in [2.05, 4.69) is 44.2 Å². The molecule has 0 radical (unpaired) electrons. The summed E-state index contributed by atoms with van der Waals surface area (Å²) in [6.07, 6.45) is 10.8. The number of hydrogen-bond donors (Lipinski definition) is 0. The summed E-state index contributed by atoms with van der Waals surface area (Å²) in [5.41, 5.74) is 4.77. The van der Waals surface area contributed by atoms with Gasteiger partial charge in [-0.25, -0.2) is 12.2 Å². The Morgan fingerprint density at radius 1 is 0.967 bits per heavy atom. The molecule has 0 fully saturated rings. The van der Waals surface area contributed by atoms with E-state index >= 15 is 0 Å². The van der Waals surface area contributed by atoms with Crippen LogP contribution in [0, 0.1) is 12.1 Å². The molecular weight excluding hydrogens is 498 g/mol. The van der Waals surface area contributed by atoms with Crippen molar-refractivity contribution >= 4 is 3.21 Å². The molecule has 0 saturated heterocycles. The van der Waals surface area contributed by atoms with Gasteiger partial charge in [0.25, 0.3) is 0 Å². The summed E-state index contributed by atoms with van der Waals surface area (Å²) in [7, 11) is 4.95. The average molecular weight is 525 g/mol. The molecular formula is C24H26Cl2O3Zr-2. The van der Waals surface area contributed by atoms with Crippen molar-refractivity contribution in [2.75, 3.05) is 21.3 Å². The van der Waals surface area contributed by atoms with Crippen molar-refractivity contribution in [1.29, 1.82) is 0 Å². The van der Waals surface area contributed by atoms with Crippen molar-refractivity contribution in [1.82, 2.24) is 0 Å². The molecule has 2 aliphatic rings. The SMILES string of the molecule is COc1ccc2c(c1)Cc1[c-]c(OC)c(OC)cc1-2.C[C](C)=[Zr+2].[C-]1=CC=CC1.[Cl-].[Cl-]. The molecule has 160 valence electrons. The van der Waals surface area contributed by atoms with Crippen LogP contribution in [0.5, 0.6) is 17.2 Å². The number of benzene rings is 2. The largest absolute Gasteiger partial charge is 1.00 e. The van der Waals surface area contributed by atoms with Gasteiger partial charge < -0.3 is 39.0 Å². The van der Waals surface area contributed by atoms with Crippen molar-refractivity contribution in [3.8, 4) is 28.4 Å². The fourth-order valence-corrected chi connectivity index (χ4v) is 2.87. The predicted molar refractivity (Wildman–Crippen MR) is 111 cm³/mol. The molecule has 0 amide bonds. The Kier molecular flexibility index (Phi) is 14.0. The second kappa shape index (κ2) is 14.6. The topological polar surface area (TPSA) is 27.7 Å². The first-order valence-electron chi connectivity index (χ1n) is 9.08. The summed E-state index contributed by atoms with van der Waals surface area (Å²) in [5, 5.41) is 0. The first-order chi connectivity index (χ1) is 13.5. The van der Waals surface area contributed by atoms with Crippen LogP contribution >= 0.6 is 0 Å². The third-order valence-electron chi connectivity index (χ3n) is 4.07. The van der Waals surface area contributed by atoms with E-state index in [0.29, 0.717) is 11.5 Å². The molecule has 0 bridgehead atoms. The predicted octanol–water partition coefficient (Wildman–Crippen LogP) is -0.857. The summed E-state index contributed by atoms with van der Waals surface area (Å²) >= 11 is 1.55. The van der Waals surface area contributed by atoms with Crippen LogP contribution < -0.4 is 39.0 Å². The van der Waals surface area contributed by atoms with E-state index in [-0.39, 0.29) is 24.8 Å². The van der Waals surface area contributed by atoms with Crippen molar-refractivity contribution in [3.63, 3.8) is 0 Å². The van der Waals surface area contributed by atoms with Gasteiger partial charge in [0.2, 0.25) is 0 Å². The van der Waals surface area contributed by atoms with Gasteiger partial charge in [0, 0.05) is 11.5 Å². The fraction of sp³-hybridized carbons (Fsp3) is 0.292.